The predicted octanol–water partition coefficient (Wildman–Crippen LogP) is 4.39. The number of hydrogen-bond donors (Lipinski definition) is 3. The Morgan fingerprint density at radius 1 is 1.19 bits per heavy atom. The van der Waals surface area contributed by atoms with Crippen LogP contribution in [0.2, 0.25) is 0 Å². The lowest BCUT2D eigenvalue weighted by Crippen LogP contribution is -2.68. The summed E-state index contributed by atoms with van der Waals surface area (Å²) >= 11 is 0. The third-order valence-electron chi connectivity index (χ3n) is 10.9. The van der Waals surface area contributed by atoms with Crippen molar-refractivity contribution in [1.82, 2.24) is 5.06 Å². The number of unbranched alkanes of at least 4 members (excludes halogenated alkanes) is 1. The zero-order valence-electron chi connectivity index (χ0n) is 25.4. The first-order valence-corrected chi connectivity index (χ1v) is 15.4. The van der Waals surface area contributed by atoms with Gasteiger partial charge in [0, 0.05) is 30.2 Å². The van der Waals surface area contributed by atoms with Gasteiger partial charge in [-0.3, -0.25) is 19.2 Å². The summed E-state index contributed by atoms with van der Waals surface area (Å²) in [5.41, 5.74) is -4.21. The molecule has 240 valence electrons. The topological polar surface area (TPSA) is 141 Å². The molecular formula is C32H45F2NO8. The van der Waals surface area contributed by atoms with Gasteiger partial charge in [0.2, 0.25) is 0 Å². The van der Waals surface area contributed by atoms with Crippen molar-refractivity contribution in [1.29, 1.82) is 0 Å². The van der Waals surface area contributed by atoms with Crippen LogP contribution in [0.5, 0.6) is 0 Å². The Hall–Kier alpha value is -2.50. The number of alkyl halides is 2. The Labute approximate surface area is 251 Å². The Morgan fingerprint density at radius 2 is 1.88 bits per heavy atom. The van der Waals surface area contributed by atoms with Crippen LogP contribution in [0.25, 0.3) is 0 Å². The molecule has 0 bridgehead atoms. The second kappa shape index (κ2) is 12.5. The van der Waals surface area contributed by atoms with Gasteiger partial charge in [0.05, 0.1) is 6.10 Å². The maximum atomic E-state index is 17.1. The quantitative estimate of drug-likeness (QED) is 0.358. The molecule has 3 N–H and O–H groups in total. The van der Waals surface area contributed by atoms with Gasteiger partial charge in [-0.05, 0) is 80.4 Å². The van der Waals surface area contributed by atoms with E-state index in [0.29, 0.717) is 25.8 Å². The first-order chi connectivity index (χ1) is 20.1. The lowest BCUT2D eigenvalue weighted by Gasteiger charge is -2.62. The summed E-state index contributed by atoms with van der Waals surface area (Å²) in [6.45, 7) is 7.51. The molecule has 4 aliphatic carbocycles. The summed E-state index contributed by atoms with van der Waals surface area (Å²) in [4.78, 5) is 47.3. The van der Waals surface area contributed by atoms with Gasteiger partial charge in [-0.2, -0.15) is 5.06 Å². The number of carboxylic acids is 1. The molecule has 11 heteroatoms. The Bertz CT molecular complexity index is 1190. The second-order valence-corrected chi connectivity index (χ2v) is 13.5. The van der Waals surface area contributed by atoms with E-state index in [4.69, 9.17) is 15.1 Å². The van der Waals surface area contributed by atoms with Crippen LogP contribution in [-0.4, -0.2) is 81.1 Å². The van der Waals surface area contributed by atoms with Crippen molar-refractivity contribution in [3.8, 4) is 0 Å². The summed E-state index contributed by atoms with van der Waals surface area (Å²) in [6, 6.07) is -0.662. The number of carboxylic acid groups (broad SMARTS) is 1. The summed E-state index contributed by atoms with van der Waals surface area (Å²) in [5.74, 6) is -3.68. The van der Waals surface area contributed by atoms with Crippen LogP contribution in [0.4, 0.5) is 8.78 Å². The van der Waals surface area contributed by atoms with Gasteiger partial charge in [0.15, 0.2) is 17.2 Å². The third-order valence-corrected chi connectivity index (χ3v) is 10.9. The van der Waals surface area contributed by atoms with Gasteiger partial charge in [0.1, 0.15) is 18.8 Å². The number of carbonyl (C=O) groups is 4. The number of esters is 1. The van der Waals surface area contributed by atoms with Crippen molar-refractivity contribution in [2.75, 3.05) is 13.2 Å². The third kappa shape index (κ3) is 5.73. The van der Waals surface area contributed by atoms with Crippen molar-refractivity contribution in [2.45, 2.75) is 103 Å². The van der Waals surface area contributed by atoms with Crippen molar-refractivity contribution in [2.24, 2.45) is 34.5 Å². The van der Waals surface area contributed by atoms with Crippen molar-refractivity contribution >= 4 is 23.5 Å². The maximum Gasteiger partial charge on any atom is 0.323 e. The monoisotopic (exact) mass is 609 g/mol. The van der Waals surface area contributed by atoms with E-state index in [1.54, 1.807) is 6.92 Å². The molecule has 0 amide bonds. The zero-order chi connectivity index (χ0) is 31.9. The molecule has 1 heterocycles. The molecule has 0 aromatic heterocycles. The molecule has 43 heavy (non-hydrogen) atoms. The molecule has 10 atom stereocenters. The number of aliphatic carboxylic acids is 1. The molecule has 3 saturated carbocycles. The first-order valence-electron chi connectivity index (χ1n) is 15.4. The number of ether oxygens (including phenoxy) is 1. The molecule has 0 radical (unpaired) electrons. The van der Waals surface area contributed by atoms with Crippen molar-refractivity contribution in [3.63, 3.8) is 0 Å². The minimum atomic E-state index is -2.15. The minimum absolute atomic E-state index is 0.0524. The van der Waals surface area contributed by atoms with Crippen LogP contribution < -0.4 is 0 Å². The molecule has 5 rings (SSSR count). The van der Waals surface area contributed by atoms with Gasteiger partial charge in [-0.15, -0.1) is 0 Å². The lowest BCUT2D eigenvalue weighted by molar-refractivity contribution is -0.202. The summed E-state index contributed by atoms with van der Waals surface area (Å²) < 4.78 is 37.7. The van der Waals surface area contributed by atoms with Crippen LogP contribution in [-0.2, 0) is 23.9 Å². The Morgan fingerprint density at radius 3 is 2.47 bits per heavy atom. The van der Waals surface area contributed by atoms with Crippen LogP contribution in [0.15, 0.2) is 23.8 Å². The van der Waals surface area contributed by atoms with E-state index in [0.717, 1.165) is 17.9 Å². The number of aliphatic hydroxyl groups is 1. The smallest absolute Gasteiger partial charge is 0.323 e. The first kappa shape index (κ1) is 33.4. The zero-order valence-corrected chi connectivity index (χ0v) is 25.4. The highest BCUT2D eigenvalue weighted by Gasteiger charge is 2.73. The Kier molecular flexibility index (Phi) is 9.69. The number of aliphatic hydroxyl groups excluding tert-OH is 1. The summed E-state index contributed by atoms with van der Waals surface area (Å²) in [5, 5.41) is 29.4. The van der Waals surface area contributed by atoms with E-state index >= 15 is 8.78 Å². The number of fused-ring (bicyclic) bond motifs is 5. The number of allylic oxidation sites excluding steroid dienone is 4. The molecule has 1 unspecified atom stereocenters. The van der Waals surface area contributed by atoms with Crippen LogP contribution in [0, 0.1) is 34.5 Å². The van der Waals surface area contributed by atoms with E-state index in [2.05, 4.69) is 0 Å². The number of halogens is 2. The molecule has 4 fully saturated rings. The van der Waals surface area contributed by atoms with E-state index in [1.165, 1.54) is 18.2 Å². The fraction of sp³-hybridized carbons (Fsp3) is 0.750. The van der Waals surface area contributed by atoms with Crippen LogP contribution >= 0.6 is 0 Å². The molecule has 9 nitrogen and oxygen atoms in total. The summed E-state index contributed by atoms with van der Waals surface area (Å²) in [7, 11) is 0. The van der Waals surface area contributed by atoms with Crippen LogP contribution in [0.1, 0.15) is 79.1 Å². The molecule has 1 saturated heterocycles. The van der Waals surface area contributed by atoms with E-state index < -0.39 is 58.6 Å². The van der Waals surface area contributed by atoms with Gasteiger partial charge >= 0.3 is 11.9 Å². The van der Waals surface area contributed by atoms with Gasteiger partial charge in [-0.25, -0.2) is 8.78 Å². The van der Waals surface area contributed by atoms with E-state index in [1.807, 2.05) is 20.8 Å². The van der Waals surface area contributed by atoms with Gasteiger partial charge in [0.25, 0.3) is 0 Å². The fourth-order valence-corrected chi connectivity index (χ4v) is 8.89. The van der Waals surface area contributed by atoms with Crippen molar-refractivity contribution < 1.29 is 48.1 Å². The number of nitrogens with zero attached hydrogens (tertiary/aromatic N) is 1. The SMILES string of the molecule is CCCCC(=O)OCC(=O)[C@H]1[C@H](C)C[C@H]2[C@@H]3C[C@H](F)C4=CC(=O)C=C[C@]4(C)[C@@]3(F)[C@@H](O)C[C@@]21C.O=C(O)C1CCCN1O. The molecule has 0 spiro atoms. The molecule has 1 aliphatic heterocycles. The van der Waals surface area contributed by atoms with Crippen molar-refractivity contribution in [3.05, 3.63) is 23.8 Å². The van der Waals surface area contributed by atoms with Gasteiger partial charge < -0.3 is 20.2 Å². The average molecular weight is 610 g/mol. The molecule has 0 aromatic rings. The number of rotatable bonds is 7. The standard InChI is InChI=1S/C27H36F2O5.C5H9NO3/c1-5-6-7-23(33)34-14-21(31)24-15(2)10-17-18-12-20(28)19-11-16(30)8-9-26(19,4)27(18,29)22(32)13-25(17,24)3;7-5(8)4-2-1-3-6(4)9/h8-9,11,15,17-18,20,22,24,32H,5-7,10,12-14H2,1-4H3;4,9H,1-3H2,(H,7,8)/t15-,17+,18+,20+,22+,24-,25+,26+,27+;/m1./s1. The number of ketones is 2. The largest absolute Gasteiger partial charge is 0.480 e. The number of hydrogen-bond acceptors (Lipinski definition) is 8. The van der Waals surface area contributed by atoms with Crippen LogP contribution in [0.3, 0.4) is 0 Å². The second-order valence-electron chi connectivity index (χ2n) is 13.5. The highest BCUT2D eigenvalue weighted by molar-refractivity contribution is 6.01. The summed E-state index contributed by atoms with van der Waals surface area (Å²) in [6.07, 6.45) is 4.54. The predicted molar refractivity (Wildman–Crippen MR) is 151 cm³/mol. The maximum absolute atomic E-state index is 17.1. The van der Waals surface area contributed by atoms with E-state index in [-0.39, 0.29) is 54.8 Å². The average Bonchev–Trinajstić information content (AvgIpc) is 3.49. The minimum Gasteiger partial charge on any atom is -0.480 e. The molecular weight excluding hydrogens is 564 g/mol. The number of hydroxylamine groups is 2. The lowest BCUT2D eigenvalue weighted by atomic mass is 9.45. The van der Waals surface area contributed by atoms with Gasteiger partial charge in [-0.1, -0.05) is 33.3 Å². The molecule has 0 aromatic carbocycles. The molecule has 5 aliphatic rings. The number of carbonyl (C=O) groups excluding carboxylic acids is 3. The highest BCUT2D eigenvalue weighted by atomic mass is 19.1. The highest BCUT2D eigenvalue weighted by Crippen LogP contribution is 2.70. The fourth-order valence-electron chi connectivity index (χ4n) is 8.89. The number of Topliss-reactive ketones (excluding diaryl/α,β-unsaturated/α-hetero) is 1. The van der Waals surface area contributed by atoms with E-state index in [9.17, 15) is 24.3 Å². The Balaban J connectivity index is 0.000000403. The normalized spacial score (nSPS) is 41.7.